The molecular formula is C5H12F2N2O. The first-order valence-corrected chi connectivity index (χ1v) is 3.15. The summed E-state index contributed by atoms with van der Waals surface area (Å²) in [6.07, 6.45) is -1.71. The molecule has 5 heteroatoms. The lowest BCUT2D eigenvalue weighted by Gasteiger charge is -2.13. The quantitative estimate of drug-likeness (QED) is 0.576. The molecule has 0 aromatic rings. The van der Waals surface area contributed by atoms with E-state index in [0.717, 1.165) is 0 Å². The fraction of sp³-hybridized carbons (Fsp3) is 1.00. The lowest BCUT2D eigenvalue weighted by atomic mass is 10.5. The monoisotopic (exact) mass is 154 g/mol. The Labute approximate surface area is 58.6 Å². The van der Waals surface area contributed by atoms with Gasteiger partial charge in [-0.3, -0.25) is 5.21 Å². The zero-order valence-corrected chi connectivity index (χ0v) is 5.85. The molecule has 0 radical (unpaired) electrons. The molecule has 62 valence electrons. The van der Waals surface area contributed by atoms with Crippen LogP contribution in [0.5, 0.6) is 0 Å². The lowest BCUT2D eigenvalue weighted by molar-refractivity contribution is -0.143. The van der Waals surface area contributed by atoms with Crippen molar-refractivity contribution in [2.45, 2.75) is 19.8 Å². The van der Waals surface area contributed by atoms with Crippen molar-refractivity contribution < 1.29 is 14.0 Å². The van der Waals surface area contributed by atoms with E-state index in [0.29, 0.717) is 18.1 Å². The van der Waals surface area contributed by atoms with E-state index < -0.39 is 13.0 Å². The smallest absolute Gasteiger partial charge is 0.252 e. The number of nitrogens with zero attached hydrogens (tertiary/aromatic N) is 1. The van der Waals surface area contributed by atoms with E-state index in [4.69, 9.17) is 5.21 Å². The number of hydrogen-bond acceptors (Lipinski definition) is 3. The van der Waals surface area contributed by atoms with Crippen LogP contribution in [0.2, 0.25) is 0 Å². The number of hydroxylamine groups is 1. The Kier molecular flexibility index (Phi) is 5.38. The number of halogens is 2. The molecule has 0 heterocycles. The van der Waals surface area contributed by atoms with Crippen molar-refractivity contribution in [1.29, 1.82) is 0 Å². The molecule has 0 amide bonds. The van der Waals surface area contributed by atoms with Crippen LogP contribution in [-0.4, -0.2) is 29.9 Å². The second-order valence-electron chi connectivity index (χ2n) is 1.88. The molecule has 2 N–H and O–H groups in total. The van der Waals surface area contributed by atoms with Gasteiger partial charge in [-0.15, -0.1) is 5.17 Å². The summed E-state index contributed by atoms with van der Waals surface area (Å²) in [5.74, 6) is 0. The SMILES string of the molecule is CCCN(O)NCC(F)F. The molecular weight excluding hydrogens is 142 g/mol. The molecule has 0 unspecified atom stereocenters. The fourth-order valence-electron chi connectivity index (χ4n) is 0.465. The van der Waals surface area contributed by atoms with Crippen LogP contribution in [0, 0.1) is 0 Å². The van der Waals surface area contributed by atoms with E-state index in [2.05, 4.69) is 5.43 Å². The van der Waals surface area contributed by atoms with Crippen LogP contribution in [-0.2, 0) is 0 Å². The van der Waals surface area contributed by atoms with Gasteiger partial charge in [0.1, 0.15) is 0 Å². The summed E-state index contributed by atoms with van der Waals surface area (Å²) in [5, 5.41) is 9.36. The van der Waals surface area contributed by atoms with Gasteiger partial charge in [0.2, 0.25) is 0 Å². The Balaban J connectivity index is 3.12. The number of rotatable bonds is 5. The highest BCUT2D eigenvalue weighted by Gasteiger charge is 2.03. The van der Waals surface area contributed by atoms with Crippen molar-refractivity contribution >= 4 is 0 Å². The van der Waals surface area contributed by atoms with E-state index in [9.17, 15) is 8.78 Å². The highest BCUT2D eigenvalue weighted by Crippen LogP contribution is 1.88. The Morgan fingerprint density at radius 3 is 2.60 bits per heavy atom. The first-order chi connectivity index (χ1) is 4.66. The normalized spacial score (nSPS) is 11.4. The van der Waals surface area contributed by atoms with Crippen molar-refractivity contribution in [3.8, 4) is 0 Å². The second-order valence-corrected chi connectivity index (χ2v) is 1.88. The molecule has 0 saturated carbocycles. The zero-order valence-electron chi connectivity index (χ0n) is 5.85. The summed E-state index contributed by atoms with van der Waals surface area (Å²) < 4.78 is 22.9. The van der Waals surface area contributed by atoms with Gasteiger partial charge in [-0.2, -0.15) is 0 Å². The topological polar surface area (TPSA) is 35.5 Å². The molecule has 3 nitrogen and oxygen atoms in total. The summed E-state index contributed by atoms with van der Waals surface area (Å²) in [7, 11) is 0. The minimum absolute atomic E-state index is 0.354. The summed E-state index contributed by atoms with van der Waals surface area (Å²) in [5.41, 5.74) is 2.12. The minimum atomic E-state index is -2.42. The molecule has 0 aromatic carbocycles. The Bertz CT molecular complexity index is 82.0. The molecule has 10 heavy (non-hydrogen) atoms. The van der Waals surface area contributed by atoms with Crippen molar-refractivity contribution in [3.05, 3.63) is 0 Å². The highest BCUT2D eigenvalue weighted by atomic mass is 19.3. The number of hydrogen-bond donors (Lipinski definition) is 2. The Morgan fingerprint density at radius 2 is 2.20 bits per heavy atom. The second kappa shape index (κ2) is 5.52. The predicted molar refractivity (Wildman–Crippen MR) is 32.8 cm³/mol. The summed E-state index contributed by atoms with van der Waals surface area (Å²) in [6, 6.07) is 0. The zero-order chi connectivity index (χ0) is 7.98. The fourth-order valence-corrected chi connectivity index (χ4v) is 0.465. The van der Waals surface area contributed by atoms with Crippen LogP contribution >= 0.6 is 0 Å². The lowest BCUT2D eigenvalue weighted by Crippen LogP contribution is -2.38. The van der Waals surface area contributed by atoms with Crippen molar-refractivity contribution in [2.75, 3.05) is 13.1 Å². The molecule has 0 saturated heterocycles. The summed E-state index contributed by atoms with van der Waals surface area (Å²) >= 11 is 0. The standard InChI is InChI=1S/C5H12F2N2O/c1-2-3-9(10)8-4-5(6)7/h5,8,10H,2-4H2,1H3. The van der Waals surface area contributed by atoms with Gasteiger partial charge >= 0.3 is 0 Å². The minimum Gasteiger partial charge on any atom is -0.299 e. The predicted octanol–water partition coefficient (Wildman–Crippen LogP) is 0.857. The maximum Gasteiger partial charge on any atom is 0.252 e. The first-order valence-electron chi connectivity index (χ1n) is 3.15. The third-order valence-electron chi connectivity index (χ3n) is 0.864. The van der Waals surface area contributed by atoms with Gasteiger partial charge < -0.3 is 0 Å². The van der Waals surface area contributed by atoms with Gasteiger partial charge in [0, 0.05) is 6.54 Å². The summed E-state index contributed by atoms with van der Waals surface area (Å²) in [6.45, 7) is 1.69. The molecule has 0 aliphatic heterocycles. The van der Waals surface area contributed by atoms with Crippen LogP contribution in [0.1, 0.15) is 13.3 Å². The highest BCUT2D eigenvalue weighted by molar-refractivity contribution is 4.41. The van der Waals surface area contributed by atoms with Gasteiger partial charge in [0.15, 0.2) is 0 Å². The maximum absolute atomic E-state index is 11.4. The number of alkyl halides is 2. The molecule has 0 spiro atoms. The number of hydrazine groups is 1. The molecule has 0 aromatic heterocycles. The van der Waals surface area contributed by atoms with E-state index in [-0.39, 0.29) is 0 Å². The maximum atomic E-state index is 11.4. The van der Waals surface area contributed by atoms with Crippen molar-refractivity contribution in [2.24, 2.45) is 0 Å². The van der Waals surface area contributed by atoms with Gasteiger partial charge in [-0.25, -0.2) is 14.2 Å². The average molecular weight is 154 g/mol. The van der Waals surface area contributed by atoms with Gasteiger partial charge in [0.05, 0.1) is 6.54 Å². The summed E-state index contributed by atoms with van der Waals surface area (Å²) in [4.78, 5) is 0. The van der Waals surface area contributed by atoms with Crippen molar-refractivity contribution in [1.82, 2.24) is 10.6 Å². The van der Waals surface area contributed by atoms with Gasteiger partial charge in [-0.1, -0.05) is 6.92 Å². The Morgan fingerprint density at radius 1 is 1.60 bits per heavy atom. The molecule has 0 aliphatic rings. The molecule has 0 fully saturated rings. The average Bonchev–Trinajstić information content (AvgIpc) is 1.85. The van der Waals surface area contributed by atoms with E-state index in [1.165, 1.54) is 0 Å². The van der Waals surface area contributed by atoms with Crippen LogP contribution in [0.4, 0.5) is 8.78 Å². The van der Waals surface area contributed by atoms with E-state index in [1.807, 2.05) is 6.92 Å². The molecule has 0 atom stereocenters. The molecule has 0 aliphatic carbocycles. The van der Waals surface area contributed by atoms with Crippen LogP contribution in [0.15, 0.2) is 0 Å². The van der Waals surface area contributed by atoms with Crippen LogP contribution < -0.4 is 5.43 Å². The van der Waals surface area contributed by atoms with E-state index >= 15 is 0 Å². The molecule has 0 rings (SSSR count). The number of nitrogens with one attached hydrogen (secondary N) is 1. The van der Waals surface area contributed by atoms with Crippen LogP contribution in [0.25, 0.3) is 0 Å². The van der Waals surface area contributed by atoms with E-state index in [1.54, 1.807) is 0 Å². The van der Waals surface area contributed by atoms with Crippen LogP contribution in [0.3, 0.4) is 0 Å². The molecule has 0 bridgehead atoms. The van der Waals surface area contributed by atoms with Gasteiger partial charge in [0.25, 0.3) is 6.43 Å². The first kappa shape index (κ1) is 9.74. The third-order valence-corrected chi connectivity index (χ3v) is 0.864. The third kappa shape index (κ3) is 5.87. The Hall–Kier alpha value is -0.260. The van der Waals surface area contributed by atoms with Gasteiger partial charge in [-0.05, 0) is 6.42 Å². The van der Waals surface area contributed by atoms with Crippen molar-refractivity contribution in [3.63, 3.8) is 0 Å². The largest absolute Gasteiger partial charge is 0.299 e.